The van der Waals surface area contributed by atoms with E-state index in [4.69, 9.17) is 9.47 Å². The number of aliphatic hydroxyl groups excluding tert-OH is 2. The van der Waals surface area contributed by atoms with E-state index in [9.17, 15) is 19.8 Å². The number of carbonyl (C=O) groups is 2. The first-order chi connectivity index (χ1) is 12.8. The number of hydrogen-bond donors (Lipinski definition) is 2. The van der Waals surface area contributed by atoms with E-state index >= 15 is 0 Å². The van der Waals surface area contributed by atoms with E-state index in [2.05, 4.69) is 0 Å². The number of esters is 2. The van der Waals surface area contributed by atoms with Crippen molar-refractivity contribution in [1.82, 2.24) is 0 Å². The molecule has 6 heteroatoms. The molecule has 0 rings (SSSR count). The Bertz CT molecular complexity index is 412. The van der Waals surface area contributed by atoms with Crippen LogP contribution in [0.3, 0.4) is 0 Å². The Balaban J connectivity index is 3.72. The van der Waals surface area contributed by atoms with Crippen molar-refractivity contribution in [3.05, 3.63) is 0 Å². The molecule has 0 bridgehead atoms. The van der Waals surface area contributed by atoms with Crippen molar-refractivity contribution >= 4 is 11.9 Å². The molecule has 0 amide bonds. The van der Waals surface area contributed by atoms with E-state index in [0.29, 0.717) is 25.7 Å². The van der Waals surface area contributed by atoms with Gasteiger partial charge in [-0.1, -0.05) is 25.7 Å². The second-order valence-corrected chi connectivity index (χ2v) is 9.20. The highest BCUT2D eigenvalue weighted by Crippen LogP contribution is 2.20. The average Bonchev–Trinajstić information content (AvgIpc) is 2.45. The summed E-state index contributed by atoms with van der Waals surface area (Å²) < 4.78 is 10.8. The van der Waals surface area contributed by atoms with Crippen LogP contribution in [0.25, 0.3) is 0 Å². The molecular weight excluding hydrogens is 360 g/mol. The highest BCUT2D eigenvalue weighted by atomic mass is 16.6. The Labute approximate surface area is 171 Å². The molecular formula is C22H42O6. The lowest BCUT2D eigenvalue weighted by Crippen LogP contribution is -2.31. The van der Waals surface area contributed by atoms with Gasteiger partial charge in [-0.15, -0.1) is 0 Å². The van der Waals surface area contributed by atoms with Gasteiger partial charge >= 0.3 is 11.9 Å². The van der Waals surface area contributed by atoms with Gasteiger partial charge in [0.05, 0.1) is 12.2 Å². The van der Waals surface area contributed by atoms with Crippen LogP contribution in [0.2, 0.25) is 0 Å². The quantitative estimate of drug-likeness (QED) is 0.313. The summed E-state index contributed by atoms with van der Waals surface area (Å²) in [5.74, 6) is -0.429. The number of hydrogen-bond acceptors (Lipinski definition) is 6. The fourth-order valence-electron chi connectivity index (χ4n) is 3.47. The van der Waals surface area contributed by atoms with Crippen molar-refractivity contribution in [3.8, 4) is 0 Å². The number of rotatable bonds is 15. The molecule has 0 fully saturated rings. The van der Waals surface area contributed by atoms with Crippen molar-refractivity contribution in [1.29, 1.82) is 0 Å². The molecule has 2 N–H and O–H groups in total. The molecule has 0 heterocycles. The Morgan fingerprint density at radius 3 is 1.25 bits per heavy atom. The third kappa shape index (κ3) is 15.9. The van der Waals surface area contributed by atoms with Crippen molar-refractivity contribution < 1.29 is 29.3 Å². The summed E-state index contributed by atoms with van der Waals surface area (Å²) in [6, 6.07) is 0. The van der Waals surface area contributed by atoms with Gasteiger partial charge in [-0.25, -0.2) is 0 Å². The number of carbonyl (C=O) groups excluding carboxylic acids is 2. The molecule has 2 atom stereocenters. The van der Waals surface area contributed by atoms with E-state index in [1.54, 1.807) is 13.8 Å². The van der Waals surface area contributed by atoms with Crippen LogP contribution in [0.4, 0.5) is 0 Å². The SMILES string of the molecule is CC(O)CC(C)(C)OC(=O)CCCCCCCCC(=O)OC(C)(C)CC(C)O. The molecule has 0 spiro atoms. The number of unbranched alkanes of at least 4 members (excludes halogenated alkanes) is 5. The van der Waals surface area contributed by atoms with Crippen LogP contribution in [0.15, 0.2) is 0 Å². The zero-order valence-corrected chi connectivity index (χ0v) is 18.8. The van der Waals surface area contributed by atoms with Crippen LogP contribution in [0, 0.1) is 0 Å². The van der Waals surface area contributed by atoms with Gasteiger partial charge in [-0.2, -0.15) is 0 Å². The van der Waals surface area contributed by atoms with Gasteiger partial charge < -0.3 is 19.7 Å². The largest absolute Gasteiger partial charge is 0.460 e. The molecule has 0 aliphatic carbocycles. The zero-order chi connectivity index (χ0) is 21.8. The van der Waals surface area contributed by atoms with Crippen LogP contribution in [-0.4, -0.2) is 45.6 Å². The summed E-state index contributed by atoms with van der Waals surface area (Å²) in [6.45, 7) is 10.6. The molecule has 0 saturated carbocycles. The highest BCUT2D eigenvalue weighted by molar-refractivity contribution is 5.70. The van der Waals surface area contributed by atoms with E-state index in [-0.39, 0.29) is 11.9 Å². The van der Waals surface area contributed by atoms with Crippen LogP contribution in [-0.2, 0) is 19.1 Å². The fourth-order valence-corrected chi connectivity index (χ4v) is 3.47. The van der Waals surface area contributed by atoms with E-state index < -0.39 is 23.4 Å². The molecule has 2 unspecified atom stereocenters. The molecule has 0 radical (unpaired) electrons. The lowest BCUT2D eigenvalue weighted by atomic mass is 10.0. The van der Waals surface area contributed by atoms with Gasteiger partial charge in [0.2, 0.25) is 0 Å². The van der Waals surface area contributed by atoms with Crippen molar-refractivity contribution in [2.75, 3.05) is 0 Å². The van der Waals surface area contributed by atoms with Crippen LogP contribution in [0.1, 0.15) is 106 Å². The standard InChI is InChI=1S/C22H42O6/c1-17(23)15-21(3,4)27-19(25)13-11-9-7-8-10-12-14-20(26)28-22(5,6)16-18(2)24/h17-18,23-24H,7-16H2,1-6H3. The van der Waals surface area contributed by atoms with Crippen molar-refractivity contribution in [2.45, 2.75) is 129 Å². The molecule has 0 aromatic carbocycles. The van der Waals surface area contributed by atoms with E-state index in [0.717, 1.165) is 38.5 Å². The van der Waals surface area contributed by atoms with E-state index in [1.807, 2.05) is 27.7 Å². The third-order valence-electron chi connectivity index (χ3n) is 4.37. The topological polar surface area (TPSA) is 93.1 Å². The Morgan fingerprint density at radius 2 is 0.964 bits per heavy atom. The second kappa shape index (κ2) is 13.2. The summed E-state index contributed by atoms with van der Waals surface area (Å²) in [5.41, 5.74) is -1.27. The van der Waals surface area contributed by atoms with Gasteiger partial charge in [0.25, 0.3) is 0 Å². The van der Waals surface area contributed by atoms with Crippen LogP contribution >= 0.6 is 0 Å². The predicted molar refractivity (Wildman–Crippen MR) is 110 cm³/mol. The van der Waals surface area contributed by atoms with Gasteiger partial charge in [0.1, 0.15) is 11.2 Å². The summed E-state index contributed by atoms with van der Waals surface area (Å²) >= 11 is 0. The molecule has 0 aromatic heterocycles. The molecule has 166 valence electrons. The molecule has 6 nitrogen and oxygen atoms in total. The highest BCUT2D eigenvalue weighted by Gasteiger charge is 2.25. The van der Waals surface area contributed by atoms with Crippen molar-refractivity contribution in [3.63, 3.8) is 0 Å². The summed E-state index contributed by atoms with van der Waals surface area (Å²) in [7, 11) is 0. The third-order valence-corrected chi connectivity index (χ3v) is 4.37. The minimum Gasteiger partial charge on any atom is -0.460 e. The first-order valence-electron chi connectivity index (χ1n) is 10.6. The van der Waals surface area contributed by atoms with Gasteiger partial charge in [-0.05, 0) is 54.4 Å². The molecule has 0 aromatic rings. The Morgan fingerprint density at radius 1 is 0.679 bits per heavy atom. The van der Waals surface area contributed by atoms with Gasteiger partial charge in [0, 0.05) is 25.7 Å². The minimum atomic E-state index is -0.635. The average molecular weight is 403 g/mol. The second-order valence-electron chi connectivity index (χ2n) is 9.20. The molecule has 28 heavy (non-hydrogen) atoms. The van der Waals surface area contributed by atoms with Crippen LogP contribution in [0.5, 0.6) is 0 Å². The molecule has 0 saturated heterocycles. The Kier molecular flexibility index (Phi) is 12.6. The maximum absolute atomic E-state index is 11.9. The first kappa shape index (κ1) is 26.9. The molecule has 0 aliphatic heterocycles. The maximum Gasteiger partial charge on any atom is 0.306 e. The summed E-state index contributed by atoms with van der Waals surface area (Å²) in [4.78, 5) is 23.7. The van der Waals surface area contributed by atoms with E-state index in [1.165, 1.54) is 0 Å². The number of ether oxygens (including phenoxy) is 2. The summed E-state index contributed by atoms with van der Waals surface area (Å²) in [6.07, 6.45) is 6.19. The normalized spacial score (nSPS) is 14.4. The fraction of sp³-hybridized carbons (Fsp3) is 0.909. The number of aliphatic hydroxyl groups is 2. The van der Waals surface area contributed by atoms with Crippen molar-refractivity contribution in [2.24, 2.45) is 0 Å². The van der Waals surface area contributed by atoms with Crippen LogP contribution < -0.4 is 0 Å². The predicted octanol–water partition coefficient (Wildman–Crippen LogP) is 4.29. The summed E-state index contributed by atoms with van der Waals surface area (Å²) in [5, 5.41) is 18.8. The smallest absolute Gasteiger partial charge is 0.306 e. The molecule has 0 aliphatic rings. The van der Waals surface area contributed by atoms with Gasteiger partial charge in [0.15, 0.2) is 0 Å². The van der Waals surface area contributed by atoms with Gasteiger partial charge in [-0.3, -0.25) is 9.59 Å². The zero-order valence-electron chi connectivity index (χ0n) is 18.8. The lowest BCUT2D eigenvalue weighted by Gasteiger charge is -2.26. The minimum absolute atomic E-state index is 0.215. The monoisotopic (exact) mass is 402 g/mol. The first-order valence-corrected chi connectivity index (χ1v) is 10.6. The maximum atomic E-state index is 11.9. The Hall–Kier alpha value is -1.14. The lowest BCUT2D eigenvalue weighted by molar-refractivity contribution is -0.160.